The van der Waals surface area contributed by atoms with Crippen molar-refractivity contribution >= 4 is 23.2 Å². The second kappa shape index (κ2) is 6.82. The van der Waals surface area contributed by atoms with Crippen LogP contribution in [0.1, 0.15) is 18.1 Å². The smallest absolute Gasteiger partial charge is 0.141 e. The predicted octanol–water partition coefficient (Wildman–Crippen LogP) is 4.26. The predicted molar refractivity (Wildman–Crippen MR) is 85.0 cm³/mol. The zero-order valence-corrected chi connectivity index (χ0v) is 13.2. The van der Waals surface area contributed by atoms with Crippen molar-refractivity contribution in [3.05, 3.63) is 58.1 Å². The van der Waals surface area contributed by atoms with Crippen LogP contribution in [0.2, 0.25) is 10.0 Å². The Morgan fingerprint density at radius 1 is 1.18 bits per heavy atom. The van der Waals surface area contributed by atoms with Gasteiger partial charge in [-0.2, -0.15) is 0 Å². The maximum Gasteiger partial charge on any atom is 0.141 e. The molecule has 1 aromatic carbocycles. The Morgan fingerprint density at radius 2 is 1.95 bits per heavy atom. The van der Waals surface area contributed by atoms with Gasteiger partial charge in [0, 0.05) is 34.3 Å². The Hall–Kier alpha value is -1.36. The van der Waals surface area contributed by atoms with Gasteiger partial charge in [0.15, 0.2) is 0 Å². The van der Waals surface area contributed by atoms with Gasteiger partial charge in [-0.05, 0) is 37.2 Å². The van der Waals surface area contributed by atoms with Gasteiger partial charge in [-0.15, -0.1) is 0 Å². The third-order valence-corrected chi connectivity index (χ3v) is 4.12. The van der Waals surface area contributed by atoms with Crippen molar-refractivity contribution in [2.45, 2.75) is 12.5 Å². The lowest BCUT2D eigenvalue weighted by Crippen LogP contribution is -2.21. The Morgan fingerprint density at radius 3 is 2.59 bits per heavy atom. The van der Waals surface area contributed by atoms with E-state index < -0.39 is 0 Å². The first kappa shape index (κ1) is 15.5. The summed E-state index contributed by atoms with van der Waals surface area (Å²) in [6, 6.07) is 6.51. The lowest BCUT2D eigenvalue weighted by atomic mass is 9.96. The molecule has 22 heavy (non-hydrogen) atoms. The highest BCUT2D eigenvalue weighted by Gasteiger charge is 2.28. The zero-order chi connectivity index (χ0) is 15.5. The normalized spacial score (nSPS) is 19.1. The van der Waals surface area contributed by atoms with Gasteiger partial charge < -0.3 is 10.1 Å². The summed E-state index contributed by atoms with van der Waals surface area (Å²) >= 11 is 12.0. The largest absolute Gasteiger partial charge is 0.485 e. The third kappa shape index (κ3) is 3.69. The first-order valence-electron chi connectivity index (χ1n) is 7.06. The molecule has 0 amide bonds. The molecule has 0 saturated carbocycles. The fourth-order valence-electron chi connectivity index (χ4n) is 2.70. The number of hydrogen-bond acceptors (Lipinski definition) is 3. The van der Waals surface area contributed by atoms with Gasteiger partial charge in [-0.1, -0.05) is 23.2 Å². The van der Waals surface area contributed by atoms with Crippen LogP contribution < -0.4 is 10.1 Å². The minimum absolute atomic E-state index is 0.237. The van der Waals surface area contributed by atoms with Crippen LogP contribution in [-0.2, 0) is 0 Å². The van der Waals surface area contributed by atoms with Gasteiger partial charge in [0.1, 0.15) is 17.7 Å². The summed E-state index contributed by atoms with van der Waals surface area (Å²) in [6.45, 7) is 1.74. The molecule has 2 heterocycles. The summed E-state index contributed by atoms with van der Waals surface area (Å²) in [5.41, 5.74) is 0.713. The molecule has 3 rings (SSSR count). The topological polar surface area (TPSA) is 34.1 Å². The van der Waals surface area contributed by atoms with E-state index in [9.17, 15) is 4.39 Å². The van der Waals surface area contributed by atoms with Crippen molar-refractivity contribution in [3.8, 4) is 5.75 Å². The number of pyridine rings is 1. The standard InChI is InChI=1S/C16H15Cl2FN2O/c17-12-4-13(18)6-15(5-12)22-16(10-1-2-20-7-10)11-3-14(19)9-21-8-11/h3-6,8-10,16,20H,1-2,7H2/t10-,16+/m0/s1. The number of nitrogens with one attached hydrogen (secondary N) is 1. The van der Waals surface area contributed by atoms with E-state index in [1.807, 2.05) is 0 Å². The van der Waals surface area contributed by atoms with Crippen LogP contribution in [0.5, 0.6) is 5.75 Å². The van der Waals surface area contributed by atoms with E-state index in [2.05, 4.69) is 10.3 Å². The quantitative estimate of drug-likeness (QED) is 0.902. The summed E-state index contributed by atoms with van der Waals surface area (Å²) in [4.78, 5) is 3.93. The van der Waals surface area contributed by atoms with Gasteiger partial charge >= 0.3 is 0 Å². The molecule has 2 aromatic rings. The maximum absolute atomic E-state index is 13.5. The average Bonchev–Trinajstić information content (AvgIpc) is 2.97. The van der Waals surface area contributed by atoms with E-state index in [0.29, 0.717) is 21.4 Å². The van der Waals surface area contributed by atoms with E-state index >= 15 is 0 Å². The lowest BCUT2D eigenvalue weighted by Gasteiger charge is -2.25. The van der Waals surface area contributed by atoms with E-state index in [4.69, 9.17) is 27.9 Å². The van der Waals surface area contributed by atoms with Gasteiger partial charge in [-0.25, -0.2) is 4.39 Å². The Bertz CT molecular complexity index is 642. The highest BCUT2D eigenvalue weighted by Crippen LogP contribution is 2.34. The molecule has 3 nitrogen and oxygen atoms in total. The first-order valence-corrected chi connectivity index (χ1v) is 7.81. The summed E-state index contributed by atoms with van der Waals surface area (Å²) < 4.78 is 19.6. The van der Waals surface area contributed by atoms with Crippen LogP contribution >= 0.6 is 23.2 Å². The molecule has 1 aliphatic rings. The van der Waals surface area contributed by atoms with E-state index in [1.165, 1.54) is 12.3 Å². The van der Waals surface area contributed by atoms with Crippen LogP contribution in [0.15, 0.2) is 36.7 Å². The lowest BCUT2D eigenvalue weighted by molar-refractivity contribution is 0.143. The molecule has 0 aliphatic carbocycles. The molecule has 1 saturated heterocycles. The fourth-order valence-corrected chi connectivity index (χ4v) is 3.20. The molecular formula is C16H15Cl2FN2O. The monoisotopic (exact) mass is 340 g/mol. The molecule has 1 fully saturated rings. The molecule has 116 valence electrons. The van der Waals surface area contributed by atoms with E-state index in [-0.39, 0.29) is 17.8 Å². The number of hydrogen-bond donors (Lipinski definition) is 1. The van der Waals surface area contributed by atoms with Crippen LogP contribution in [0.3, 0.4) is 0 Å². The van der Waals surface area contributed by atoms with E-state index in [0.717, 1.165) is 19.5 Å². The van der Waals surface area contributed by atoms with Crippen LogP contribution in [0.4, 0.5) is 4.39 Å². The second-order valence-electron chi connectivity index (χ2n) is 5.33. The molecule has 1 aliphatic heterocycles. The van der Waals surface area contributed by atoms with Crippen LogP contribution in [0, 0.1) is 11.7 Å². The van der Waals surface area contributed by atoms with Crippen molar-refractivity contribution in [1.29, 1.82) is 0 Å². The Balaban J connectivity index is 1.91. The highest BCUT2D eigenvalue weighted by atomic mass is 35.5. The molecule has 2 atom stereocenters. The zero-order valence-electron chi connectivity index (χ0n) is 11.7. The summed E-state index contributed by atoms with van der Waals surface area (Å²) in [7, 11) is 0. The number of aromatic nitrogens is 1. The fraction of sp³-hybridized carbons (Fsp3) is 0.312. The van der Waals surface area contributed by atoms with Gasteiger partial charge in [0.25, 0.3) is 0 Å². The number of halogens is 3. The van der Waals surface area contributed by atoms with Gasteiger partial charge in [-0.3, -0.25) is 4.98 Å². The number of rotatable bonds is 4. The first-order chi connectivity index (χ1) is 10.6. The molecule has 0 bridgehead atoms. The molecular weight excluding hydrogens is 326 g/mol. The average molecular weight is 341 g/mol. The number of nitrogens with zero attached hydrogens (tertiary/aromatic N) is 1. The Labute approximate surface area is 138 Å². The summed E-state index contributed by atoms with van der Waals surface area (Å²) in [5, 5.41) is 4.31. The van der Waals surface area contributed by atoms with Crippen molar-refractivity contribution in [2.24, 2.45) is 5.92 Å². The molecule has 0 unspecified atom stereocenters. The van der Waals surface area contributed by atoms with Gasteiger partial charge in [0.2, 0.25) is 0 Å². The van der Waals surface area contributed by atoms with Crippen molar-refractivity contribution < 1.29 is 9.13 Å². The molecule has 0 spiro atoms. The number of benzene rings is 1. The number of ether oxygens (including phenoxy) is 1. The SMILES string of the molecule is Fc1cncc([C@H](Oc2cc(Cl)cc(Cl)c2)[C@H]2CCNC2)c1. The van der Waals surface area contributed by atoms with Crippen molar-refractivity contribution in [2.75, 3.05) is 13.1 Å². The molecule has 0 radical (unpaired) electrons. The minimum Gasteiger partial charge on any atom is -0.485 e. The Kier molecular flexibility index (Phi) is 4.81. The summed E-state index contributed by atoms with van der Waals surface area (Å²) in [6.07, 6.45) is 3.48. The molecule has 1 aromatic heterocycles. The second-order valence-corrected chi connectivity index (χ2v) is 6.21. The van der Waals surface area contributed by atoms with Gasteiger partial charge in [0.05, 0.1) is 6.20 Å². The van der Waals surface area contributed by atoms with Crippen LogP contribution in [0.25, 0.3) is 0 Å². The maximum atomic E-state index is 13.5. The van der Waals surface area contributed by atoms with E-state index in [1.54, 1.807) is 24.4 Å². The van der Waals surface area contributed by atoms with Crippen LogP contribution in [-0.4, -0.2) is 18.1 Å². The summed E-state index contributed by atoms with van der Waals surface area (Å²) in [5.74, 6) is 0.432. The third-order valence-electron chi connectivity index (χ3n) is 3.68. The highest BCUT2D eigenvalue weighted by molar-refractivity contribution is 6.34. The molecule has 1 N–H and O–H groups in total. The molecule has 6 heteroatoms. The van der Waals surface area contributed by atoms with Crippen molar-refractivity contribution in [1.82, 2.24) is 10.3 Å². The van der Waals surface area contributed by atoms with Crippen molar-refractivity contribution in [3.63, 3.8) is 0 Å². The minimum atomic E-state index is -0.374.